The summed E-state index contributed by atoms with van der Waals surface area (Å²) in [6.45, 7) is 10.3. The normalized spacial score (nSPS) is 12.5. The van der Waals surface area contributed by atoms with Crippen LogP contribution in [0.3, 0.4) is 0 Å². The second kappa shape index (κ2) is 11.3. The zero-order chi connectivity index (χ0) is 22.3. The third-order valence-electron chi connectivity index (χ3n) is 4.94. The average Bonchev–Trinajstić information content (AvgIpc) is 2.71. The third-order valence-corrected chi connectivity index (χ3v) is 4.94. The van der Waals surface area contributed by atoms with Crippen molar-refractivity contribution in [2.45, 2.75) is 59.9 Å². The van der Waals surface area contributed by atoms with Crippen molar-refractivity contribution in [3.8, 4) is 11.5 Å². The minimum atomic E-state index is -0.819. The number of likely N-dealkylation sites (N-methyl/N-ethyl adjacent to an activating group) is 1. The van der Waals surface area contributed by atoms with E-state index in [1.807, 2.05) is 19.9 Å². The summed E-state index contributed by atoms with van der Waals surface area (Å²) in [4.78, 5) is 10.3. The Morgan fingerprint density at radius 2 is 1.87 bits per heavy atom. The first-order valence-electron chi connectivity index (χ1n) is 10.3. The molecule has 7 nitrogen and oxygen atoms in total. The molecule has 2 rings (SSSR count). The van der Waals surface area contributed by atoms with Crippen molar-refractivity contribution in [2.75, 3.05) is 19.7 Å². The van der Waals surface area contributed by atoms with Crippen molar-refractivity contribution in [1.29, 1.82) is 0 Å². The lowest BCUT2D eigenvalue weighted by Gasteiger charge is -2.26. The lowest BCUT2D eigenvalue weighted by atomic mass is 10.0. The van der Waals surface area contributed by atoms with Crippen LogP contribution >= 0.6 is 0 Å². The maximum atomic E-state index is 10.5. The fraction of sp³-hybridized carbons (Fsp3) is 0.522. The summed E-state index contributed by atoms with van der Waals surface area (Å²) in [5.41, 5.74) is 3.81. The topological polar surface area (TPSA) is 95.3 Å². The summed E-state index contributed by atoms with van der Waals surface area (Å²) in [5, 5.41) is 31.3. The Morgan fingerprint density at radius 3 is 2.47 bits per heavy atom. The molecule has 1 aromatic heterocycles. The van der Waals surface area contributed by atoms with Crippen molar-refractivity contribution in [3.63, 3.8) is 0 Å². The number of aryl methyl sites for hydroxylation is 2. The van der Waals surface area contributed by atoms with Gasteiger partial charge >= 0.3 is 0 Å². The minimum Gasteiger partial charge on any atom is -0.489 e. The molecule has 0 amide bonds. The van der Waals surface area contributed by atoms with E-state index in [1.54, 1.807) is 12.0 Å². The molecule has 0 aliphatic rings. The van der Waals surface area contributed by atoms with Crippen LogP contribution in [0.25, 0.3) is 0 Å². The summed E-state index contributed by atoms with van der Waals surface area (Å²) in [6, 6.07) is 6.14. The minimum absolute atomic E-state index is 0.00904. The van der Waals surface area contributed by atoms with E-state index in [0.717, 1.165) is 16.9 Å². The highest BCUT2D eigenvalue weighted by molar-refractivity contribution is 5.41. The fourth-order valence-corrected chi connectivity index (χ4v) is 3.21. The van der Waals surface area contributed by atoms with Gasteiger partial charge in [-0.15, -0.1) is 5.06 Å². The smallest absolute Gasteiger partial charge is 0.151 e. The highest BCUT2D eigenvalue weighted by atomic mass is 16.7. The van der Waals surface area contributed by atoms with Gasteiger partial charge in [-0.1, -0.05) is 26.0 Å². The molecule has 30 heavy (non-hydrogen) atoms. The van der Waals surface area contributed by atoms with Gasteiger partial charge in [0.2, 0.25) is 0 Å². The van der Waals surface area contributed by atoms with E-state index < -0.39 is 6.10 Å². The fourth-order valence-electron chi connectivity index (χ4n) is 3.21. The molecule has 0 bridgehead atoms. The lowest BCUT2D eigenvalue weighted by molar-refractivity contribution is -0.0867. The maximum absolute atomic E-state index is 10.5. The molecule has 2 aromatic rings. The number of benzene rings is 1. The van der Waals surface area contributed by atoms with E-state index >= 15 is 0 Å². The first kappa shape index (κ1) is 24.1. The van der Waals surface area contributed by atoms with E-state index in [4.69, 9.17) is 9.57 Å². The van der Waals surface area contributed by atoms with Gasteiger partial charge in [-0.05, 0) is 43.9 Å². The second-order valence-electron chi connectivity index (χ2n) is 7.73. The van der Waals surface area contributed by atoms with Crippen LogP contribution in [-0.4, -0.2) is 51.2 Å². The molecule has 1 atom stereocenters. The van der Waals surface area contributed by atoms with Gasteiger partial charge in [-0.25, -0.2) is 0 Å². The van der Waals surface area contributed by atoms with Crippen LogP contribution in [0.2, 0.25) is 0 Å². The Bertz CT molecular complexity index is 825. The highest BCUT2D eigenvalue weighted by Gasteiger charge is 2.18. The summed E-state index contributed by atoms with van der Waals surface area (Å²) in [5.74, 6) is 1.50. The summed E-state index contributed by atoms with van der Waals surface area (Å²) in [6.07, 6.45) is 0.700. The van der Waals surface area contributed by atoms with Crippen LogP contribution in [0.4, 0.5) is 0 Å². The predicted molar refractivity (Wildman–Crippen MR) is 115 cm³/mol. The number of aliphatic hydroxyl groups is 3. The molecule has 0 aliphatic carbocycles. The molecule has 7 heteroatoms. The van der Waals surface area contributed by atoms with Crippen molar-refractivity contribution >= 4 is 0 Å². The summed E-state index contributed by atoms with van der Waals surface area (Å²) in [7, 11) is 0. The number of pyridine rings is 1. The second-order valence-corrected chi connectivity index (χ2v) is 7.73. The molecule has 3 N–H and O–H groups in total. The third kappa shape index (κ3) is 6.15. The molecule has 0 radical (unpaired) electrons. The standard InChI is InChI=1S/C23H34N2O5/c1-6-25(30-22-9-16(4)7-8-20(22)15(2)3)11-19(28)14-29-23-17(5)24-10-18(12-26)21(23)13-27/h7-10,15,19,26-28H,6,11-14H2,1-5H3. The molecular formula is C23H34N2O5. The van der Waals surface area contributed by atoms with Crippen LogP contribution in [0.15, 0.2) is 24.4 Å². The molecule has 1 heterocycles. The van der Waals surface area contributed by atoms with Gasteiger partial charge in [0.1, 0.15) is 18.5 Å². The van der Waals surface area contributed by atoms with Crippen LogP contribution in [-0.2, 0) is 13.2 Å². The van der Waals surface area contributed by atoms with Crippen LogP contribution in [0.5, 0.6) is 11.5 Å². The molecule has 0 spiro atoms. The lowest BCUT2D eigenvalue weighted by Crippen LogP contribution is -2.38. The van der Waals surface area contributed by atoms with E-state index in [0.29, 0.717) is 35.0 Å². The number of aliphatic hydroxyl groups excluding tert-OH is 3. The Balaban J connectivity index is 2.06. The van der Waals surface area contributed by atoms with Crippen molar-refractivity contribution in [3.05, 3.63) is 52.3 Å². The largest absolute Gasteiger partial charge is 0.489 e. The maximum Gasteiger partial charge on any atom is 0.151 e. The number of nitrogens with zero attached hydrogens (tertiary/aromatic N) is 2. The zero-order valence-electron chi connectivity index (χ0n) is 18.6. The van der Waals surface area contributed by atoms with Crippen molar-refractivity contribution in [1.82, 2.24) is 10.0 Å². The van der Waals surface area contributed by atoms with Crippen molar-refractivity contribution in [2.24, 2.45) is 0 Å². The first-order chi connectivity index (χ1) is 14.3. The number of rotatable bonds is 11. The van der Waals surface area contributed by atoms with E-state index in [1.165, 1.54) is 6.20 Å². The zero-order valence-corrected chi connectivity index (χ0v) is 18.6. The molecule has 0 saturated heterocycles. The number of hydroxylamine groups is 2. The quantitative estimate of drug-likeness (QED) is 0.483. The molecule has 1 aromatic carbocycles. The van der Waals surface area contributed by atoms with Crippen molar-refractivity contribution < 1.29 is 24.9 Å². The van der Waals surface area contributed by atoms with E-state index in [2.05, 4.69) is 31.0 Å². The van der Waals surface area contributed by atoms with Gasteiger partial charge in [0, 0.05) is 23.9 Å². The van der Waals surface area contributed by atoms with Gasteiger partial charge in [-0.3, -0.25) is 4.98 Å². The van der Waals surface area contributed by atoms with Gasteiger partial charge in [0.05, 0.1) is 25.5 Å². The summed E-state index contributed by atoms with van der Waals surface area (Å²) < 4.78 is 5.77. The van der Waals surface area contributed by atoms with E-state index in [-0.39, 0.29) is 26.4 Å². The predicted octanol–water partition coefficient (Wildman–Crippen LogP) is 2.86. The average molecular weight is 419 g/mol. The van der Waals surface area contributed by atoms with Crippen LogP contribution < -0.4 is 9.57 Å². The number of hydrogen-bond donors (Lipinski definition) is 3. The Morgan fingerprint density at radius 1 is 1.13 bits per heavy atom. The highest BCUT2D eigenvalue weighted by Crippen LogP contribution is 2.28. The molecule has 166 valence electrons. The Labute approximate surface area is 178 Å². The number of hydrogen-bond acceptors (Lipinski definition) is 7. The first-order valence-corrected chi connectivity index (χ1v) is 10.3. The van der Waals surface area contributed by atoms with Crippen LogP contribution in [0, 0.1) is 13.8 Å². The summed E-state index contributed by atoms with van der Waals surface area (Å²) >= 11 is 0. The Kier molecular flexibility index (Phi) is 9.05. The molecule has 0 fully saturated rings. The van der Waals surface area contributed by atoms with Gasteiger partial charge < -0.3 is 24.9 Å². The molecule has 1 unspecified atom stereocenters. The van der Waals surface area contributed by atoms with E-state index in [9.17, 15) is 15.3 Å². The monoisotopic (exact) mass is 418 g/mol. The van der Waals surface area contributed by atoms with Gasteiger partial charge in [0.25, 0.3) is 0 Å². The molecular weight excluding hydrogens is 384 g/mol. The number of ether oxygens (including phenoxy) is 1. The molecule has 0 saturated carbocycles. The van der Waals surface area contributed by atoms with Gasteiger partial charge in [-0.2, -0.15) is 0 Å². The Hall–Kier alpha value is -2.19. The SMILES string of the molecule is CCN(CC(O)COc1c(C)ncc(CO)c1CO)Oc1cc(C)ccc1C(C)C. The number of aromatic nitrogens is 1. The van der Waals surface area contributed by atoms with Gasteiger partial charge in [0.15, 0.2) is 5.75 Å². The molecule has 0 aliphatic heterocycles. The van der Waals surface area contributed by atoms with Crippen LogP contribution in [0.1, 0.15) is 54.6 Å².